The van der Waals surface area contributed by atoms with Gasteiger partial charge in [0.1, 0.15) is 6.10 Å². The molecule has 2 fully saturated rings. The molecule has 0 radical (unpaired) electrons. The smallest absolute Gasteiger partial charge is 0.253 e. The highest BCUT2D eigenvalue weighted by Crippen LogP contribution is 2.15. The average molecular weight is 369 g/mol. The third kappa shape index (κ3) is 4.17. The van der Waals surface area contributed by atoms with Crippen molar-refractivity contribution in [2.24, 2.45) is 0 Å². The van der Waals surface area contributed by atoms with Crippen LogP contribution in [0.4, 0.5) is 0 Å². The number of carbonyl (C=O) groups is 2. The minimum absolute atomic E-state index is 0.0926. The summed E-state index contributed by atoms with van der Waals surface area (Å²) in [6, 6.07) is 8.31. The van der Waals surface area contributed by atoms with Crippen molar-refractivity contribution in [1.82, 2.24) is 24.7 Å². The van der Waals surface area contributed by atoms with Crippen LogP contribution in [0.3, 0.4) is 0 Å². The van der Waals surface area contributed by atoms with Gasteiger partial charge >= 0.3 is 0 Å². The number of hydrogen-bond acceptors (Lipinski definition) is 5. The lowest BCUT2D eigenvalue weighted by Gasteiger charge is -2.36. The van der Waals surface area contributed by atoms with Crippen molar-refractivity contribution < 1.29 is 14.3 Å². The van der Waals surface area contributed by atoms with E-state index in [9.17, 15) is 9.59 Å². The molecule has 1 aromatic heterocycles. The zero-order chi connectivity index (χ0) is 18.6. The highest BCUT2D eigenvalue weighted by molar-refractivity contribution is 5.88. The largest absolute Gasteiger partial charge is 0.366 e. The van der Waals surface area contributed by atoms with E-state index in [-0.39, 0.29) is 18.4 Å². The van der Waals surface area contributed by atoms with Gasteiger partial charge in [-0.25, -0.2) is 4.98 Å². The molecule has 0 spiro atoms. The Morgan fingerprint density at radius 1 is 1.26 bits per heavy atom. The van der Waals surface area contributed by atoms with Crippen LogP contribution in [0.5, 0.6) is 0 Å². The van der Waals surface area contributed by atoms with Gasteiger partial charge in [0, 0.05) is 50.8 Å². The van der Waals surface area contributed by atoms with Gasteiger partial charge in [-0.1, -0.05) is 12.1 Å². The monoisotopic (exact) mass is 369 g/mol. The molecule has 2 saturated heterocycles. The fourth-order valence-electron chi connectivity index (χ4n) is 3.47. The normalized spacial score (nSPS) is 21.1. The first kappa shape index (κ1) is 17.7. The van der Waals surface area contributed by atoms with E-state index in [0.29, 0.717) is 26.2 Å². The van der Waals surface area contributed by atoms with Crippen LogP contribution in [0.25, 0.3) is 5.69 Å². The minimum atomic E-state index is -0.505. The van der Waals surface area contributed by atoms with E-state index >= 15 is 0 Å². The van der Waals surface area contributed by atoms with Gasteiger partial charge in [0.2, 0.25) is 5.91 Å². The summed E-state index contributed by atoms with van der Waals surface area (Å²) >= 11 is 0. The SMILES string of the molecule is O=C1CN(C(=O)[C@H]2CN(Cc3ccc(-n4ccnc4)cc3)CCO2)CCN1. The maximum atomic E-state index is 12.7. The number of piperazine rings is 1. The number of amides is 2. The van der Waals surface area contributed by atoms with Gasteiger partial charge in [0.25, 0.3) is 5.91 Å². The second-order valence-electron chi connectivity index (χ2n) is 6.84. The molecule has 0 saturated carbocycles. The number of benzene rings is 1. The summed E-state index contributed by atoms with van der Waals surface area (Å²) in [5.74, 6) is -0.203. The molecule has 0 bridgehead atoms. The third-order valence-corrected chi connectivity index (χ3v) is 4.92. The van der Waals surface area contributed by atoms with Crippen molar-refractivity contribution in [1.29, 1.82) is 0 Å². The van der Waals surface area contributed by atoms with Gasteiger partial charge < -0.3 is 19.5 Å². The molecule has 1 aromatic carbocycles. The van der Waals surface area contributed by atoms with E-state index in [1.54, 1.807) is 17.4 Å². The Bertz CT molecular complexity index is 790. The fourth-order valence-corrected chi connectivity index (χ4v) is 3.47. The van der Waals surface area contributed by atoms with Crippen molar-refractivity contribution in [3.05, 3.63) is 48.5 Å². The number of carbonyl (C=O) groups excluding carboxylic acids is 2. The molecular weight excluding hydrogens is 346 g/mol. The van der Waals surface area contributed by atoms with Crippen molar-refractivity contribution in [3.63, 3.8) is 0 Å². The molecular formula is C19H23N5O3. The average Bonchev–Trinajstić information content (AvgIpc) is 3.23. The Morgan fingerprint density at radius 2 is 2.11 bits per heavy atom. The van der Waals surface area contributed by atoms with Gasteiger partial charge in [-0.05, 0) is 17.7 Å². The first-order valence-electron chi connectivity index (χ1n) is 9.16. The maximum absolute atomic E-state index is 12.7. The lowest BCUT2D eigenvalue weighted by atomic mass is 10.1. The number of aromatic nitrogens is 2. The van der Waals surface area contributed by atoms with E-state index in [2.05, 4.69) is 39.5 Å². The molecule has 142 valence electrons. The van der Waals surface area contributed by atoms with E-state index in [1.807, 2.05) is 10.8 Å². The van der Waals surface area contributed by atoms with Crippen molar-refractivity contribution in [2.75, 3.05) is 39.3 Å². The van der Waals surface area contributed by atoms with Crippen molar-refractivity contribution in [2.45, 2.75) is 12.6 Å². The molecule has 8 heteroatoms. The summed E-state index contributed by atoms with van der Waals surface area (Å²) < 4.78 is 7.65. The highest BCUT2D eigenvalue weighted by atomic mass is 16.5. The predicted octanol–water partition coefficient (Wildman–Crippen LogP) is 0.0315. The van der Waals surface area contributed by atoms with E-state index in [4.69, 9.17) is 4.74 Å². The van der Waals surface area contributed by atoms with Crippen molar-refractivity contribution in [3.8, 4) is 5.69 Å². The van der Waals surface area contributed by atoms with E-state index in [1.165, 1.54) is 5.56 Å². The molecule has 3 heterocycles. The molecule has 4 rings (SSSR count). The number of hydrogen-bond donors (Lipinski definition) is 1. The Balaban J connectivity index is 1.35. The van der Waals surface area contributed by atoms with Crippen LogP contribution in [-0.4, -0.2) is 76.6 Å². The Morgan fingerprint density at radius 3 is 2.85 bits per heavy atom. The topological polar surface area (TPSA) is 79.7 Å². The van der Waals surface area contributed by atoms with E-state index < -0.39 is 6.10 Å². The summed E-state index contributed by atoms with van der Waals surface area (Å²) in [6.07, 6.45) is 4.93. The number of imidazole rings is 1. The number of nitrogens with zero attached hydrogens (tertiary/aromatic N) is 4. The van der Waals surface area contributed by atoms with Crippen LogP contribution >= 0.6 is 0 Å². The molecule has 1 atom stereocenters. The van der Waals surface area contributed by atoms with Crippen LogP contribution in [0.15, 0.2) is 43.0 Å². The molecule has 0 unspecified atom stereocenters. The second kappa shape index (κ2) is 7.89. The lowest BCUT2D eigenvalue weighted by molar-refractivity contribution is -0.153. The van der Waals surface area contributed by atoms with Gasteiger partial charge in [0.15, 0.2) is 0 Å². The van der Waals surface area contributed by atoms with Crippen molar-refractivity contribution >= 4 is 11.8 Å². The number of morpholine rings is 1. The van der Waals surface area contributed by atoms with E-state index in [0.717, 1.165) is 18.8 Å². The molecule has 2 aliphatic heterocycles. The molecule has 0 aliphatic carbocycles. The van der Waals surface area contributed by atoms with Crippen LogP contribution in [-0.2, 0) is 20.9 Å². The van der Waals surface area contributed by atoms with Crippen LogP contribution in [0.1, 0.15) is 5.56 Å². The van der Waals surface area contributed by atoms with Crippen LogP contribution in [0.2, 0.25) is 0 Å². The summed E-state index contributed by atoms with van der Waals surface area (Å²) in [7, 11) is 0. The van der Waals surface area contributed by atoms with Gasteiger partial charge in [-0.15, -0.1) is 0 Å². The zero-order valence-electron chi connectivity index (χ0n) is 15.1. The molecule has 2 aromatic rings. The van der Waals surface area contributed by atoms with Gasteiger partial charge in [-0.2, -0.15) is 0 Å². The summed E-state index contributed by atoms with van der Waals surface area (Å²) in [5, 5.41) is 2.74. The van der Waals surface area contributed by atoms with Gasteiger partial charge in [0.05, 0.1) is 19.5 Å². The van der Waals surface area contributed by atoms with Gasteiger partial charge in [-0.3, -0.25) is 14.5 Å². The standard InChI is InChI=1S/C19H23N5O3/c25-18-13-23(8-6-21-18)19(26)17-12-22(9-10-27-17)11-15-1-3-16(4-2-15)24-7-5-20-14-24/h1-5,7,14,17H,6,8-13H2,(H,21,25)/t17-/m1/s1. The fraction of sp³-hybridized carbons (Fsp3) is 0.421. The first-order valence-corrected chi connectivity index (χ1v) is 9.16. The molecule has 2 amide bonds. The van der Waals surface area contributed by atoms with Crippen LogP contribution in [0, 0.1) is 0 Å². The maximum Gasteiger partial charge on any atom is 0.253 e. The van der Waals surface area contributed by atoms with Crippen LogP contribution < -0.4 is 5.32 Å². The lowest BCUT2D eigenvalue weighted by Crippen LogP contribution is -2.56. The summed E-state index contributed by atoms with van der Waals surface area (Å²) in [6.45, 7) is 3.77. The number of nitrogens with one attached hydrogen (secondary N) is 1. The third-order valence-electron chi connectivity index (χ3n) is 4.92. The summed E-state index contributed by atoms with van der Waals surface area (Å²) in [5.41, 5.74) is 2.25. The highest BCUT2D eigenvalue weighted by Gasteiger charge is 2.32. The molecule has 1 N–H and O–H groups in total. The quantitative estimate of drug-likeness (QED) is 0.823. The number of rotatable bonds is 4. The Hall–Kier alpha value is -2.71. The molecule has 27 heavy (non-hydrogen) atoms. The summed E-state index contributed by atoms with van der Waals surface area (Å²) in [4.78, 5) is 32.1. The Kier molecular flexibility index (Phi) is 5.17. The molecule has 2 aliphatic rings. The second-order valence-corrected chi connectivity index (χ2v) is 6.84. The zero-order valence-corrected chi connectivity index (χ0v) is 15.1. The predicted molar refractivity (Wildman–Crippen MR) is 98.2 cm³/mol. The molecule has 8 nitrogen and oxygen atoms in total. The minimum Gasteiger partial charge on any atom is -0.366 e. The Labute approximate surface area is 157 Å². The first-order chi connectivity index (χ1) is 13.2. The number of ether oxygens (including phenoxy) is 1.